The maximum absolute atomic E-state index is 12.7. The van der Waals surface area contributed by atoms with E-state index in [0.29, 0.717) is 17.1 Å². The number of aromatic nitrogens is 2. The number of nitrogens with zero attached hydrogens (tertiary/aromatic N) is 2. The zero-order valence-corrected chi connectivity index (χ0v) is 17.1. The number of amides is 1. The molecular weight excluding hydrogens is 368 g/mol. The second kappa shape index (κ2) is 8.45. The van der Waals surface area contributed by atoms with Crippen molar-refractivity contribution < 1.29 is 9.21 Å². The van der Waals surface area contributed by atoms with E-state index in [1.165, 1.54) is 12.0 Å². The molecule has 1 aliphatic heterocycles. The second-order valence-corrected chi connectivity index (χ2v) is 8.08. The van der Waals surface area contributed by atoms with Crippen molar-refractivity contribution >= 4 is 5.91 Å². The molecule has 1 unspecified atom stereocenters. The molecular formula is C22H28N4O3. The molecule has 2 aliphatic rings. The molecule has 1 aliphatic carbocycles. The van der Waals surface area contributed by atoms with E-state index in [1.54, 1.807) is 6.92 Å². The lowest BCUT2D eigenvalue weighted by atomic mass is 9.95. The molecule has 7 nitrogen and oxygen atoms in total. The van der Waals surface area contributed by atoms with Gasteiger partial charge in [0.15, 0.2) is 0 Å². The summed E-state index contributed by atoms with van der Waals surface area (Å²) in [4.78, 5) is 34.4. The van der Waals surface area contributed by atoms with Crippen molar-refractivity contribution in [2.45, 2.75) is 64.8 Å². The van der Waals surface area contributed by atoms with E-state index < -0.39 is 11.5 Å². The fourth-order valence-corrected chi connectivity index (χ4v) is 4.37. The van der Waals surface area contributed by atoms with Crippen molar-refractivity contribution in [3.8, 4) is 0 Å². The highest BCUT2D eigenvalue weighted by atomic mass is 16.4. The van der Waals surface area contributed by atoms with Crippen LogP contribution in [0.3, 0.4) is 0 Å². The third-order valence-corrected chi connectivity index (χ3v) is 5.94. The molecule has 2 N–H and O–H groups in total. The molecule has 1 saturated heterocycles. The SMILES string of the molecule is Cc1cc(C2CCCNC2)oc(=O)c1C(=O)NCc1nc(C)c2c(n1)CCCC2. The minimum absolute atomic E-state index is 0.0622. The Bertz CT molecular complexity index is 977. The molecule has 1 fully saturated rings. The Hall–Kier alpha value is -2.54. The van der Waals surface area contributed by atoms with Crippen molar-refractivity contribution in [2.24, 2.45) is 0 Å². The minimum atomic E-state index is -0.578. The zero-order valence-electron chi connectivity index (χ0n) is 17.1. The van der Waals surface area contributed by atoms with Gasteiger partial charge < -0.3 is 15.1 Å². The van der Waals surface area contributed by atoms with Gasteiger partial charge in [0, 0.05) is 23.9 Å². The zero-order chi connectivity index (χ0) is 20.4. The lowest BCUT2D eigenvalue weighted by Gasteiger charge is -2.22. The number of hydrogen-bond acceptors (Lipinski definition) is 6. The maximum atomic E-state index is 12.7. The van der Waals surface area contributed by atoms with Crippen LogP contribution in [0.4, 0.5) is 0 Å². The van der Waals surface area contributed by atoms with E-state index in [2.05, 4.69) is 20.6 Å². The molecule has 0 spiro atoms. The predicted octanol–water partition coefficient (Wildman–Crippen LogP) is 2.32. The van der Waals surface area contributed by atoms with E-state index in [9.17, 15) is 9.59 Å². The summed E-state index contributed by atoms with van der Waals surface area (Å²) in [6, 6.07) is 1.83. The molecule has 154 valence electrons. The molecule has 0 saturated carbocycles. The molecule has 1 amide bonds. The van der Waals surface area contributed by atoms with Crippen LogP contribution in [0.2, 0.25) is 0 Å². The molecule has 2 aromatic heterocycles. The predicted molar refractivity (Wildman–Crippen MR) is 109 cm³/mol. The Balaban J connectivity index is 1.49. The molecule has 0 radical (unpaired) electrons. The minimum Gasteiger partial charge on any atom is -0.427 e. The Labute approximate surface area is 170 Å². The van der Waals surface area contributed by atoms with Gasteiger partial charge in [0.05, 0.1) is 6.54 Å². The average molecular weight is 396 g/mol. The van der Waals surface area contributed by atoms with Crippen LogP contribution in [-0.4, -0.2) is 29.0 Å². The highest BCUT2D eigenvalue weighted by Gasteiger charge is 2.23. The molecule has 29 heavy (non-hydrogen) atoms. The van der Waals surface area contributed by atoms with Crippen LogP contribution in [0.1, 0.15) is 76.1 Å². The summed E-state index contributed by atoms with van der Waals surface area (Å²) < 4.78 is 5.51. The van der Waals surface area contributed by atoms with E-state index >= 15 is 0 Å². The van der Waals surface area contributed by atoms with Gasteiger partial charge >= 0.3 is 5.63 Å². The van der Waals surface area contributed by atoms with Crippen molar-refractivity contribution in [1.29, 1.82) is 0 Å². The fraction of sp³-hybridized carbons (Fsp3) is 0.545. The Morgan fingerprint density at radius 3 is 2.83 bits per heavy atom. The standard InChI is InChI=1S/C22H28N4O3/c1-13-10-18(15-6-5-9-23-11-15)29-22(28)20(13)21(27)24-12-19-25-14(2)16-7-3-4-8-17(16)26-19/h10,15,23H,3-9,11-12H2,1-2H3,(H,24,27). The highest BCUT2D eigenvalue weighted by molar-refractivity contribution is 5.95. The second-order valence-electron chi connectivity index (χ2n) is 8.08. The molecule has 4 rings (SSSR count). The summed E-state index contributed by atoms with van der Waals surface area (Å²) >= 11 is 0. The maximum Gasteiger partial charge on any atom is 0.349 e. The molecule has 1 atom stereocenters. The molecule has 3 heterocycles. The number of carbonyl (C=O) groups excluding carboxylic acids is 1. The fourth-order valence-electron chi connectivity index (χ4n) is 4.37. The first-order valence-electron chi connectivity index (χ1n) is 10.5. The summed E-state index contributed by atoms with van der Waals surface area (Å²) in [6.07, 6.45) is 6.33. The summed E-state index contributed by atoms with van der Waals surface area (Å²) in [5, 5.41) is 6.11. The van der Waals surface area contributed by atoms with Crippen molar-refractivity contribution in [3.63, 3.8) is 0 Å². The largest absolute Gasteiger partial charge is 0.427 e. The average Bonchev–Trinajstić information content (AvgIpc) is 2.72. The van der Waals surface area contributed by atoms with Crippen molar-refractivity contribution in [3.05, 3.63) is 56.1 Å². The monoisotopic (exact) mass is 396 g/mol. The third-order valence-electron chi connectivity index (χ3n) is 5.94. The van der Waals surface area contributed by atoms with Gasteiger partial charge in [-0.25, -0.2) is 14.8 Å². The van der Waals surface area contributed by atoms with Crippen LogP contribution in [0.15, 0.2) is 15.3 Å². The lowest BCUT2D eigenvalue weighted by molar-refractivity contribution is 0.0944. The topological polar surface area (TPSA) is 97.1 Å². The van der Waals surface area contributed by atoms with Gasteiger partial charge in [-0.2, -0.15) is 0 Å². The summed E-state index contributed by atoms with van der Waals surface area (Å²) in [5.74, 6) is 0.982. The number of carbonyl (C=O) groups is 1. The smallest absolute Gasteiger partial charge is 0.349 e. The van der Waals surface area contributed by atoms with Crippen LogP contribution in [0.5, 0.6) is 0 Å². The normalized spacial score (nSPS) is 18.9. The third kappa shape index (κ3) is 4.24. The molecule has 0 bridgehead atoms. The quantitative estimate of drug-likeness (QED) is 0.823. The van der Waals surface area contributed by atoms with Gasteiger partial charge in [0.1, 0.15) is 17.1 Å². The Morgan fingerprint density at radius 1 is 1.24 bits per heavy atom. The molecule has 2 aromatic rings. The first-order chi connectivity index (χ1) is 14.0. The number of fused-ring (bicyclic) bond motifs is 1. The first kappa shape index (κ1) is 19.8. The Kier molecular flexibility index (Phi) is 5.76. The number of hydrogen-bond donors (Lipinski definition) is 2. The van der Waals surface area contributed by atoms with Gasteiger partial charge in [0.25, 0.3) is 5.91 Å². The lowest BCUT2D eigenvalue weighted by Crippen LogP contribution is -2.32. The van der Waals surface area contributed by atoms with E-state index in [4.69, 9.17) is 4.42 Å². The summed E-state index contributed by atoms with van der Waals surface area (Å²) in [7, 11) is 0. The first-order valence-corrected chi connectivity index (χ1v) is 10.5. The van der Waals surface area contributed by atoms with Gasteiger partial charge in [-0.15, -0.1) is 0 Å². The van der Waals surface area contributed by atoms with Crippen LogP contribution in [0.25, 0.3) is 0 Å². The van der Waals surface area contributed by atoms with Crippen molar-refractivity contribution in [1.82, 2.24) is 20.6 Å². The molecule has 0 aromatic carbocycles. The Morgan fingerprint density at radius 2 is 2.07 bits per heavy atom. The van der Waals surface area contributed by atoms with E-state index in [-0.39, 0.29) is 18.0 Å². The van der Waals surface area contributed by atoms with Crippen LogP contribution >= 0.6 is 0 Å². The number of rotatable bonds is 4. The van der Waals surface area contributed by atoms with Gasteiger partial charge in [-0.3, -0.25) is 4.79 Å². The van der Waals surface area contributed by atoms with Crippen LogP contribution in [0, 0.1) is 13.8 Å². The van der Waals surface area contributed by atoms with Gasteiger partial charge in [0.2, 0.25) is 0 Å². The summed E-state index contributed by atoms with van der Waals surface area (Å²) in [5.41, 5.74) is 3.45. The van der Waals surface area contributed by atoms with Gasteiger partial charge in [-0.05, 0) is 76.1 Å². The van der Waals surface area contributed by atoms with Crippen LogP contribution in [-0.2, 0) is 19.4 Å². The van der Waals surface area contributed by atoms with Crippen LogP contribution < -0.4 is 16.3 Å². The van der Waals surface area contributed by atoms with Crippen molar-refractivity contribution in [2.75, 3.05) is 13.1 Å². The number of piperidine rings is 1. The summed E-state index contributed by atoms with van der Waals surface area (Å²) in [6.45, 7) is 5.76. The molecule has 7 heteroatoms. The van der Waals surface area contributed by atoms with E-state index in [1.807, 2.05) is 13.0 Å². The van der Waals surface area contributed by atoms with Gasteiger partial charge in [-0.1, -0.05) is 0 Å². The number of aryl methyl sites for hydroxylation is 3. The van der Waals surface area contributed by atoms with E-state index in [0.717, 1.165) is 56.6 Å². The highest BCUT2D eigenvalue weighted by Crippen LogP contribution is 2.24. The number of nitrogens with one attached hydrogen (secondary N) is 2.